The predicted octanol–water partition coefficient (Wildman–Crippen LogP) is 2.82. The van der Waals surface area contributed by atoms with Gasteiger partial charge < -0.3 is 10.8 Å². The number of hydrogen-bond acceptors (Lipinski definition) is 2. The molecular formula is C9H10ClF4NO. The first kappa shape index (κ1) is 15.0. The average Bonchev–Trinajstić information content (AvgIpc) is 2.10. The van der Waals surface area contributed by atoms with Crippen molar-refractivity contribution in [2.45, 2.75) is 19.1 Å². The van der Waals surface area contributed by atoms with Gasteiger partial charge in [-0.2, -0.15) is 13.2 Å². The molecule has 0 heterocycles. The fourth-order valence-corrected chi connectivity index (χ4v) is 1.24. The minimum absolute atomic E-state index is 0. The lowest BCUT2D eigenvalue weighted by molar-refractivity contribution is -0.149. The molecule has 7 heteroatoms. The molecule has 1 rings (SSSR count). The molecule has 0 radical (unpaired) electrons. The molecule has 2 nitrogen and oxygen atoms in total. The summed E-state index contributed by atoms with van der Waals surface area (Å²) < 4.78 is 49.6. The minimum atomic E-state index is -4.71. The van der Waals surface area contributed by atoms with Crippen molar-refractivity contribution in [2.75, 3.05) is 0 Å². The van der Waals surface area contributed by atoms with Crippen LogP contribution in [0.15, 0.2) is 12.1 Å². The molecule has 1 atom stereocenters. The number of aromatic hydroxyl groups is 1. The lowest BCUT2D eigenvalue weighted by atomic mass is 10.00. The van der Waals surface area contributed by atoms with Crippen LogP contribution in [0.2, 0.25) is 0 Å². The van der Waals surface area contributed by atoms with E-state index in [9.17, 15) is 17.6 Å². The van der Waals surface area contributed by atoms with E-state index in [-0.39, 0.29) is 18.0 Å². The van der Waals surface area contributed by atoms with E-state index in [0.29, 0.717) is 0 Å². The SMILES string of the molecule is Cc1ccc(F)c(O)c1[C@@H](N)C(F)(F)F.Cl. The molecule has 0 fully saturated rings. The Morgan fingerprint density at radius 1 is 1.31 bits per heavy atom. The summed E-state index contributed by atoms with van der Waals surface area (Å²) in [5.41, 5.74) is 4.36. The fraction of sp³-hybridized carbons (Fsp3) is 0.333. The molecule has 1 aromatic rings. The zero-order valence-corrected chi connectivity index (χ0v) is 8.99. The summed E-state index contributed by atoms with van der Waals surface area (Å²) in [4.78, 5) is 0. The summed E-state index contributed by atoms with van der Waals surface area (Å²) >= 11 is 0. The Balaban J connectivity index is 0.00000225. The van der Waals surface area contributed by atoms with Crippen LogP contribution in [0.25, 0.3) is 0 Å². The quantitative estimate of drug-likeness (QED) is 0.762. The normalized spacial score (nSPS) is 13.1. The van der Waals surface area contributed by atoms with E-state index in [1.807, 2.05) is 0 Å². The average molecular weight is 260 g/mol. The molecule has 0 amide bonds. The van der Waals surface area contributed by atoms with Gasteiger partial charge in [-0.05, 0) is 18.6 Å². The van der Waals surface area contributed by atoms with Crippen molar-refractivity contribution in [3.05, 3.63) is 29.1 Å². The zero-order valence-electron chi connectivity index (χ0n) is 8.18. The molecule has 0 spiro atoms. The first-order valence-electron chi connectivity index (χ1n) is 4.05. The third-order valence-corrected chi connectivity index (χ3v) is 2.05. The van der Waals surface area contributed by atoms with Gasteiger partial charge in [-0.25, -0.2) is 4.39 Å². The van der Waals surface area contributed by atoms with Crippen LogP contribution in [-0.2, 0) is 0 Å². The van der Waals surface area contributed by atoms with Gasteiger partial charge in [0, 0.05) is 5.56 Å². The van der Waals surface area contributed by atoms with Gasteiger partial charge in [-0.3, -0.25) is 0 Å². The molecular weight excluding hydrogens is 250 g/mol. The van der Waals surface area contributed by atoms with Gasteiger partial charge in [0.2, 0.25) is 0 Å². The Labute approximate surface area is 95.5 Å². The standard InChI is InChI=1S/C9H9F4NO.ClH/c1-4-2-3-5(10)7(15)6(4)8(14)9(11,12)13;/h2-3,8,15H,14H2,1H3;1H/t8-;/m1./s1. The fourth-order valence-electron chi connectivity index (χ4n) is 1.24. The number of hydrogen-bond donors (Lipinski definition) is 2. The number of aryl methyl sites for hydroxylation is 1. The highest BCUT2D eigenvalue weighted by Gasteiger charge is 2.40. The van der Waals surface area contributed by atoms with Crippen molar-refractivity contribution in [1.29, 1.82) is 0 Å². The number of nitrogens with two attached hydrogens (primary N) is 1. The van der Waals surface area contributed by atoms with Crippen molar-refractivity contribution < 1.29 is 22.7 Å². The Bertz CT molecular complexity index is 381. The van der Waals surface area contributed by atoms with E-state index in [4.69, 9.17) is 10.8 Å². The predicted molar refractivity (Wildman–Crippen MR) is 53.0 cm³/mol. The molecule has 0 aromatic heterocycles. The monoisotopic (exact) mass is 259 g/mol. The number of benzene rings is 1. The van der Waals surface area contributed by atoms with Gasteiger partial charge in [-0.15, -0.1) is 12.4 Å². The molecule has 16 heavy (non-hydrogen) atoms. The molecule has 0 saturated carbocycles. The van der Waals surface area contributed by atoms with Crippen LogP contribution in [0.4, 0.5) is 17.6 Å². The summed E-state index contributed by atoms with van der Waals surface area (Å²) in [5, 5.41) is 9.16. The topological polar surface area (TPSA) is 46.2 Å². The number of phenolic OH excluding ortho intramolecular Hbond substituents is 1. The number of rotatable bonds is 1. The second-order valence-electron chi connectivity index (χ2n) is 3.15. The van der Waals surface area contributed by atoms with Crippen molar-refractivity contribution in [1.82, 2.24) is 0 Å². The third kappa shape index (κ3) is 2.76. The van der Waals surface area contributed by atoms with Crippen molar-refractivity contribution in [3.63, 3.8) is 0 Å². The zero-order chi connectivity index (χ0) is 11.8. The lowest BCUT2D eigenvalue weighted by Crippen LogP contribution is -2.29. The summed E-state index contributed by atoms with van der Waals surface area (Å²) in [6, 6.07) is -0.360. The second-order valence-corrected chi connectivity index (χ2v) is 3.15. The molecule has 0 saturated heterocycles. The van der Waals surface area contributed by atoms with Crippen molar-refractivity contribution >= 4 is 12.4 Å². The van der Waals surface area contributed by atoms with Crippen LogP contribution in [0.3, 0.4) is 0 Å². The highest BCUT2D eigenvalue weighted by atomic mass is 35.5. The van der Waals surface area contributed by atoms with E-state index < -0.39 is 29.3 Å². The molecule has 0 unspecified atom stereocenters. The number of phenols is 1. The molecule has 0 aliphatic carbocycles. The van der Waals surface area contributed by atoms with Gasteiger partial charge >= 0.3 is 6.18 Å². The highest BCUT2D eigenvalue weighted by Crippen LogP contribution is 2.37. The number of alkyl halides is 3. The molecule has 92 valence electrons. The minimum Gasteiger partial charge on any atom is -0.505 e. The van der Waals surface area contributed by atoms with Crippen LogP contribution < -0.4 is 5.73 Å². The largest absolute Gasteiger partial charge is 0.505 e. The van der Waals surface area contributed by atoms with Gasteiger partial charge in [0.25, 0.3) is 0 Å². The smallest absolute Gasteiger partial charge is 0.407 e. The summed E-state index contributed by atoms with van der Waals surface area (Å²) in [6.45, 7) is 1.32. The first-order chi connectivity index (χ1) is 6.75. The third-order valence-electron chi connectivity index (χ3n) is 2.05. The Kier molecular flexibility index (Phi) is 4.57. The molecule has 0 aliphatic rings. The summed E-state index contributed by atoms with van der Waals surface area (Å²) in [5.74, 6) is -2.16. The van der Waals surface area contributed by atoms with Gasteiger partial charge in [0.1, 0.15) is 6.04 Å². The Morgan fingerprint density at radius 2 is 1.81 bits per heavy atom. The van der Waals surface area contributed by atoms with E-state index in [1.54, 1.807) is 0 Å². The summed E-state index contributed by atoms with van der Waals surface area (Å²) in [7, 11) is 0. The first-order valence-corrected chi connectivity index (χ1v) is 4.05. The second kappa shape index (κ2) is 4.88. The van der Waals surface area contributed by atoms with Crippen LogP contribution >= 0.6 is 12.4 Å². The molecule has 3 N–H and O–H groups in total. The maximum absolute atomic E-state index is 12.8. The van der Waals surface area contributed by atoms with Crippen LogP contribution in [0.1, 0.15) is 17.2 Å². The number of halogens is 5. The molecule has 0 bridgehead atoms. The summed E-state index contributed by atoms with van der Waals surface area (Å²) in [6.07, 6.45) is -4.71. The maximum Gasteiger partial charge on any atom is 0.407 e. The Hall–Kier alpha value is -1.01. The highest BCUT2D eigenvalue weighted by molar-refractivity contribution is 5.85. The van der Waals surface area contributed by atoms with Crippen molar-refractivity contribution in [3.8, 4) is 5.75 Å². The van der Waals surface area contributed by atoms with Crippen LogP contribution in [0, 0.1) is 12.7 Å². The van der Waals surface area contributed by atoms with Gasteiger partial charge in [-0.1, -0.05) is 6.07 Å². The lowest BCUT2D eigenvalue weighted by Gasteiger charge is -2.19. The maximum atomic E-state index is 12.8. The molecule has 0 aliphatic heterocycles. The molecule has 1 aromatic carbocycles. The van der Waals surface area contributed by atoms with E-state index >= 15 is 0 Å². The van der Waals surface area contributed by atoms with Gasteiger partial charge in [0.15, 0.2) is 11.6 Å². The van der Waals surface area contributed by atoms with Crippen LogP contribution in [0.5, 0.6) is 5.75 Å². The Morgan fingerprint density at radius 3 is 2.25 bits per heavy atom. The van der Waals surface area contributed by atoms with E-state index in [0.717, 1.165) is 12.1 Å². The van der Waals surface area contributed by atoms with Crippen LogP contribution in [-0.4, -0.2) is 11.3 Å². The van der Waals surface area contributed by atoms with E-state index in [1.165, 1.54) is 6.92 Å². The van der Waals surface area contributed by atoms with Crippen molar-refractivity contribution in [2.24, 2.45) is 5.73 Å². The van der Waals surface area contributed by atoms with E-state index in [2.05, 4.69) is 0 Å². The van der Waals surface area contributed by atoms with Gasteiger partial charge in [0.05, 0.1) is 0 Å².